The Morgan fingerprint density at radius 3 is 2.81 bits per heavy atom. The average Bonchev–Trinajstić information content (AvgIpc) is 3.00. The second-order valence-electron chi connectivity index (χ2n) is 7.09. The Morgan fingerprint density at radius 1 is 1.30 bits per heavy atom. The van der Waals surface area contributed by atoms with Crippen LogP contribution >= 0.6 is 0 Å². The summed E-state index contributed by atoms with van der Waals surface area (Å²) < 4.78 is 1.84. The van der Waals surface area contributed by atoms with Crippen LogP contribution in [0, 0.1) is 0 Å². The first-order chi connectivity index (χ1) is 12.9. The van der Waals surface area contributed by atoms with Crippen molar-refractivity contribution < 1.29 is 4.79 Å². The van der Waals surface area contributed by atoms with E-state index in [2.05, 4.69) is 40.5 Å². The molecule has 1 atom stereocenters. The standard InChI is InChI=1S/C19H26N6O2/c1-13(2)25-12-17(22-23-25)15-5-4-9-24(10-7-15)19(27)21-14(3)16-6-8-20-18(26)11-16/h5-6,8,11-14H,4,7,9-10H2,1-3H3,(H,20,26)(H,21,27). The summed E-state index contributed by atoms with van der Waals surface area (Å²) in [5.41, 5.74) is 2.61. The number of aromatic amines is 1. The van der Waals surface area contributed by atoms with Gasteiger partial charge < -0.3 is 15.2 Å². The van der Waals surface area contributed by atoms with E-state index in [9.17, 15) is 9.59 Å². The van der Waals surface area contributed by atoms with Crippen LogP contribution in [0.15, 0.2) is 35.4 Å². The van der Waals surface area contributed by atoms with Crippen molar-refractivity contribution in [3.05, 3.63) is 52.2 Å². The molecule has 0 saturated carbocycles. The molecular formula is C19H26N6O2. The van der Waals surface area contributed by atoms with Crippen molar-refractivity contribution in [2.75, 3.05) is 13.1 Å². The highest BCUT2D eigenvalue weighted by molar-refractivity contribution is 5.75. The third-order valence-corrected chi connectivity index (χ3v) is 4.74. The van der Waals surface area contributed by atoms with Crippen LogP contribution in [0.3, 0.4) is 0 Å². The molecule has 0 aromatic carbocycles. The second-order valence-corrected chi connectivity index (χ2v) is 7.09. The molecule has 1 aliphatic rings. The molecule has 3 rings (SSSR count). The van der Waals surface area contributed by atoms with Crippen LogP contribution in [0.4, 0.5) is 4.79 Å². The number of hydrogen-bond donors (Lipinski definition) is 2. The maximum atomic E-state index is 12.6. The van der Waals surface area contributed by atoms with E-state index < -0.39 is 0 Å². The van der Waals surface area contributed by atoms with E-state index in [0.29, 0.717) is 13.1 Å². The van der Waals surface area contributed by atoms with Gasteiger partial charge in [0.15, 0.2) is 0 Å². The van der Waals surface area contributed by atoms with Crippen molar-refractivity contribution in [1.82, 2.24) is 30.2 Å². The van der Waals surface area contributed by atoms with Gasteiger partial charge in [-0.3, -0.25) is 4.79 Å². The summed E-state index contributed by atoms with van der Waals surface area (Å²) in [6.45, 7) is 7.27. The molecule has 0 bridgehead atoms. The molecule has 0 fully saturated rings. The molecule has 2 aromatic rings. The zero-order chi connectivity index (χ0) is 19.4. The Bertz CT molecular complexity index is 882. The fourth-order valence-corrected chi connectivity index (χ4v) is 3.07. The Labute approximate surface area is 158 Å². The second kappa shape index (κ2) is 8.20. The predicted molar refractivity (Wildman–Crippen MR) is 103 cm³/mol. The monoisotopic (exact) mass is 370 g/mol. The largest absolute Gasteiger partial charge is 0.331 e. The molecule has 27 heavy (non-hydrogen) atoms. The van der Waals surface area contributed by atoms with Gasteiger partial charge in [0, 0.05) is 31.4 Å². The molecular weight excluding hydrogens is 344 g/mol. The number of amides is 2. The Morgan fingerprint density at radius 2 is 2.11 bits per heavy atom. The number of hydrogen-bond acceptors (Lipinski definition) is 4. The van der Waals surface area contributed by atoms with Crippen LogP contribution < -0.4 is 10.9 Å². The van der Waals surface area contributed by atoms with Gasteiger partial charge in [0.25, 0.3) is 0 Å². The maximum Gasteiger partial charge on any atom is 0.317 e. The van der Waals surface area contributed by atoms with Crippen molar-refractivity contribution in [2.45, 2.75) is 45.7 Å². The SMILES string of the molecule is CC(NC(=O)N1CCC=C(c2cn(C(C)C)nn2)CC1)c1cc[nH]c(=O)c1. The predicted octanol–water partition coefficient (Wildman–Crippen LogP) is 2.50. The van der Waals surface area contributed by atoms with E-state index in [-0.39, 0.29) is 23.7 Å². The van der Waals surface area contributed by atoms with Crippen molar-refractivity contribution in [1.29, 1.82) is 0 Å². The summed E-state index contributed by atoms with van der Waals surface area (Å²) in [5.74, 6) is 0. The van der Waals surface area contributed by atoms with Crippen LogP contribution in [0.5, 0.6) is 0 Å². The highest BCUT2D eigenvalue weighted by Gasteiger charge is 2.20. The highest BCUT2D eigenvalue weighted by atomic mass is 16.2. The molecule has 3 heterocycles. The van der Waals surface area contributed by atoms with E-state index in [4.69, 9.17) is 0 Å². The smallest absolute Gasteiger partial charge is 0.317 e. The third kappa shape index (κ3) is 4.64. The van der Waals surface area contributed by atoms with Gasteiger partial charge in [-0.25, -0.2) is 9.48 Å². The summed E-state index contributed by atoms with van der Waals surface area (Å²) in [6.07, 6.45) is 7.20. The van der Waals surface area contributed by atoms with E-state index >= 15 is 0 Å². The molecule has 0 saturated heterocycles. The average molecular weight is 370 g/mol. The molecule has 0 radical (unpaired) electrons. The van der Waals surface area contributed by atoms with E-state index in [1.165, 1.54) is 6.07 Å². The van der Waals surface area contributed by atoms with Gasteiger partial charge in [0.1, 0.15) is 5.69 Å². The zero-order valence-corrected chi connectivity index (χ0v) is 16.0. The molecule has 2 N–H and O–H groups in total. The van der Waals surface area contributed by atoms with Gasteiger partial charge in [0.2, 0.25) is 5.56 Å². The van der Waals surface area contributed by atoms with Gasteiger partial charge in [-0.1, -0.05) is 11.3 Å². The zero-order valence-electron chi connectivity index (χ0n) is 16.0. The number of aromatic nitrogens is 4. The molecule has 0 aliphatic carbocycles. The van der Waals surface area contributed by atoms with Crippen LogP contribution in [0.25, 0.3) is 5.57 Å². The third-order valence-electron chi connectivity index (χ3n) is 4.74. The van der Waals surface area contributed by atoms with Crippen molar-refractivity contribution >= 4 is 11.6 Å². The van der Waals surface area contributed by atoms with E-state index in [1.807, 2.05) is 17.8 Å². The number of nitrogens with zero attached hydrogens (tertiary/aromatic N) is 4. The molecule has 1 aliphatic heterocycles. The maximum absolute atomic E-state index is 12.6. The first-order valence-electron chi connectivity index (χ1n) is 9.29. The number of nitrogens with one attached hydrogen (secondary N) is 2. The molecule has 8 nitrogen and oxygen atoms in total. The van der Waals surface area contributed by atoms with Crippen LogP contribution in [0.1, 0.15) is 57.0 Å². The lowest BCUT2D eigenvalue weighted by Gasteiger charge is -2.24. The number of H-pyrrole nitrogens is 1. The Hall–Kier alpha value is -2.90. The van der Waals surface area contributed by atoms with Crippen molar-refractivity contribution in [3.63, 3.8) is 0 Å². The minimum absolute atomic E-state index is 0.122. The highest BCUT2D eigenvalue weighted by Crippen LogP contribution is 2.21. The Balaban J connectivity index is 1.59. The minimum atomic E-state index is -0.235. The van der Waals surface area contributed by atoms with Crippen LogP contribution in [0.2, 0.25) is 0 Å². The molecule has 1 unspecified atom stereocenters. The first kappa shape index (κ1) is 18.9. The fraction of sp³-hybridized carbons (Fsp3) is 0.474. The lowest BCUT2D eigenvalue weighted by atomic mass is 10.1. The lowest BCUT2D eigenvalue weighted by molar-refractivity contribution is 0.197. The summed E-state index contributed by atoms with van der Waals surface area (Å²) >= 11 is 0. The molecule has 2 amide bonds. The lowest BCUT2D eigenvalue weighted by Crippen LogP contribution is -2.41. The number of carbonyl (C=O) groups is 1. The number of pyridine rings is 1. The van der Waals surface area contributed by atoms with Gasteiger partial charge >= 0.3 is 6.03 Å². The first-order valence-corrected chi connectivity index (χ1v) is 9.29. The minimum Gasteiger partial charge on any atom is -0.331 e. The number of urea groups is 1. The quantitative estimate of drug-likeness (QED) is 0.864. The van der Waals surface area contributed by atoms with Crippen molar-refractivity contribution in [2.24, 2.45) is 0 Å². The van der Waals surface area contributed by atoms with Crippen LogP contribution in [-0.2, 0) is 0 Å². The number of carbonyl (C=O) groups excluding carboxylic acids is 1. The fourth-order valence-electron chi connectivity index (χ4n) is 3.07. The molecule has 2 aromatic heterocycles. The molecule has 8 heteroatoms. The van der Waals surface area contributed by atoms with Crippen molar-refractivity contribution in [3.8, 4) is 0 Å². The summed E-state index contributed by atoms with van der Waals surface area (Å²) in [5, 5.41) is 11.4. The normalized spacial score (nSPS) is 16.0. The van der Waals surface area contributed by atoms with Gasteiger partial charge in [-0.05, 0) is 50.8 Å². The van der Waals surface area contributed by atoms with Gasteiger partial charge in [-0.15, -0.1) is 5.10 Å². The van der Waals surface area contributed by atoms with Crippen LogP contribution in [-0.4, -0.2) is 44.0 Å². The van der Waals surface area contributed by atoms with E-state index in [0.717, 1.165) is 29.7 Å². The molecule has 144 valence electrons. The van der Waals surface area contributed by atoms with Gasteiger partial charge in [-0.2, -0.15) is 0 Å². The summed E-state index contributed by atoms with van der Waals surface area (Å²) in [7, 11) is 0. The topological polar surface area (TPSA) is 95.9 Å². The summed E-state index contributed by atoms with van der Waals surface area (Å²) in [4.78, 5) is 28.5. The van der Waals surface area contributed by atoms with E-state index in [1.54, 1.807) is 17.2 Å². The number of rotatable bonds is 4. The van der Waals surface area contributed by atoms with Gasteiger partial charge in [0.05, 0.1) is 12.2 Å². The molecule has 0 spiro atoms. The summed E-state index contributed by atoms with van der Waals surface area (Å²) in [6, 6.07) is 3.22. The Kier molecular flexibility index (Phi) is 5.73.